The Hall–Kier alpha value is -0.770. The second kappa shape index (κ2) is 4.17. The Morgan fingerprint density at radius 1 is 1.43 bits per heavy atom. The van der Waals surface area contributed by atoms with E-state index >= 15 is 0 Å². The lowest BCUT2D eigenvalue weighted by Gasteiger charge is -2.21. The Bertz CT molecular complexity index is 296. The molecule has 0 unspecified atom stereocenters. The third-order valence-corrected chi connectivity index (χ3v) is 2.97. The van der Waals surface area contributed by atoms with Gasteiger partial charge in [-0.2, -0.15) is 0 Å². The normalized spacial score (nSPS) is 17.6. The van der Waals surface area contributed by atoms with Crippen LogP contribution in [0.5, 0.6) is 0 Å². The number of anilines is 1. The van der Waals surface area contributed by atoms with Crippen molar-refractivity contribution in [2.75, 3.05) is 11.9 Å². The fourth-order valence-electron chi connectivity index (χ4n) is 1.89. The number of nitrogens with zero attached hydrogens (tertiary/aromatic N) is 3. The molecule has 2 rings (SSSR count). The lowest BCUT2D eigenvalue weighted by atomic mass is 10.2. The van der Waals surface area contributed by atoms with Crippen molar-refractivity contribution in [3.8, 4) is 0 Å². The van der Waals surface area contributed by atoms with Gasteiger partial charge in [0.25, 0.3) is 0 Å². The molecule has 1 aromatic rings. The third-order valence-electron chi connectivity index (χ3n) is 2.74. The van der Waals surface area contributed by atoms with Gasteiger partial charge in [0.05, 0.1) is 0 Å². The van der Waals surface area contributed by atoms with Gasteiger partial charge in [-0.1, -0.05) is 17.9 Å². The predicted octanol–water partition coefficient (Wildman–Crippen LogP) is 2.19. The predicted molar refractivity (Wildman–Crippen MR) is 54.5 cm³/mol. The van der Waals surface area contributed by atoms with Crippen LogP contribution < -0.4 is 4.90 Å². The summed E-state index contributed by atoms with van der Waals surface area (Å²) in [4.78, 5) is 2.07. The summed E-state index contributed by atoms with van der Waals surface area (Å²) in [5, 5.41) is 7.79. The molecule has 1 aliphatic carbocycles. The number of rotatable bonds is 3. The summed E-state index contributed by atoms with van der Waals surface area (Å²) in [6, 6.07) is 1.14. The van der Waals surface area contributed by atoms with E-state index in [1.807, 2.05) is 7.05 Å². The maximum atomic E-state index is 5.59. The Labute approximate surface area is 88.2 Å². The highest BCUT2D eigenvalue weighted by Gasteiger charge is 2.23. The van der Waals surface area contributed by atoms with Crippen LogP contribution in [-0.4, -0.2) is 23.3 Å². The quantitative estimate of drug-likeness (QED) is 0.725. The number of hydrogen-bond acceptors (Lipinski definition) is 4. The van der Waals surface area contributed by atoms with Crippen molar-refractivity contribution in [1.29, 1.82) is 0 Å². The van der Waals surface area contributed by atoms with E-state index in [9.17, 15) is 0 Å². The first-order valence-corrected chi connectivity index (χ1v) is 5.46. The highest BCUT2D eigenvalue weighted by Crippen LogP contribution is 2.26. The molecule has 0 bridgehead atoms. The fourth-order valence-corrected chi connectivity index (χ4v) is 2.00. The molecule has 78 valence electrons. The molecule has 0 amide bonds. The lowest BCUT2D eigenvalue weighted by molar-refractivity contribution is 0.486. The fraction of sp³-hybridized carbons (Fsp3) is 0.778. The number of halogens is 1. The molecule has 4 nitrogen and oxygen atoms in total. The summed E-state index contributed by atoms with van der Waals surface area (Å²) < 4.78 is 5.38. The van der Waals surface area contributed by atoms with Gasteiger partial charge >= 0.3 is 6.01 Å². The molecule has 14 heavy (non-hydrogen) atoms. The van der Waals surface area contributed by atoms with Crippen LogP contribution in [0.4, 0.5) is 6.01 Å². The van der Waals surface area contributed by atoms with Crippen LogP contribution in [0.1, 0.15) is 31.6 Å². The van der Waals surface area contributed by atoms with E-state index in [1.54, 1.807) is 0 Å². The van der Waals surface area contributed by atoms with Gasteiger partial charge in [-0.3, -0.25) is 0 Å². The van der Waals surface area contributed by atoms with E-state index in [1.165, 1.54) is 25.7 Å². The summed E-state index contributed by atoms with van der Waals surface area (Å²) in [5.74, 6) is 0.775. The Morgan fingerprint density at radius 3 is 2.71 bits per heavy atom. The molecular weight excluding hydrogens is 202 g/mol. The van der Waals surface area contributed by atoms with Gasteiger partial charge in [0.1, 0.15) is 5.88 Å². The molecule has 1 saturated carbocycles. The standard InChI is InChI=1S/C9H14ClN3O/c1-13(7-4-2-3-5-7)9-12-11-8(6-10)14-9/h7H,2-6H2,1H3. The average Bonchev–Trinajstić information content (AvgIpc) is 2.88. The number of hydrogen-bond donors (Lipinski definition) is 0. The van der Waals surface area contributed by atoms with Crippen molar-refractivity contribution >= 4 is 17.6 Å². The van der Waals surface area contributed by atoms with Gasteiger partial charge in [0.15, 0.2) is 0 Å². The van der Waals surface area contributed by atoms with Gasteiger partial charge in [0, 0.05) is 13.1 Å². The third kappa shape index (κ3) is 1.85. The van der Waals surface area contributed by atoms with Crippen molar-refractivity contribution in [2.24, 2.45) is 0 Å². The maximum Gasteiger partial charge on any atom is 0.318 e. The monoisotopic (exact) mass is 215 g/mol. The van der Waals surface area contributed by atoms with Crippen LogP contribution in [0.25, 0.3) is 0 Å². The van der Waals surface area contributed by atoms with Gasteiger partial charge < -0.3 is 9.32 Å². The van der Waals surface area contributed by atoms with E-state index in [4.69, 9.17) is 16.0 Å². The van der Waals surface area contributed by atoms with Crippen LogP contribution in [0, 0.1) is 0 Å². The average molecular weight is 216 g/mol. The summed E-state index contributed by atoms with van der Waals surface area (Å²) in [6.07, 6.45) is 5.03. The molecule has 0 aromatic carbocycles. The number of alkyl halides is 1. The zero-order valence-corrected chi connectivity index (χ0v) is 9.00. The van der Waals surface area contributed by atoms with Crippen molar-refractivity contribution in [3.05, 3.63) is 5.89 Å². The second-order valence-corrected chi connectivity index (χ2v) is 3.93. The van der Waals surface area contributed by atoms with Crippen LogP contribution >= 0.6 is 11.6 Å². The van der Waals surface area contributed by atoms with Crippen molar-refractivity contribution in [3.63, 3.8) is 0 Å². The molecule has 1 aromatic heterocycles. The summed E-state index contributed by atoms with van der Waals surface area (Å²) in [7, 11) is 2.00. The minimum absolute atomic E-state index is 0.283. The van der Waals surface area contributed by atoms with E-state index in [-0.39, 0.29) is 5.88 Å². The van der Waals surface area contributed by atoms with Gasteiger partial charge in [-0.05, 0) is 12.8 Å². The first-order valence-electron chi connectivity index (χ1n) is 4.92. The second-order valence-electron chi connectivity index (χ2n) is 3.66. The minimum atomic E-state index is 0.283. The molecule has 0 saturated heterocycles. The zero-order chi connectivity index (χ0) is 9.97. The summed E-state index contributed by atoms with van der Waals surface area (Å²) in [6.45, 7) is 0. The van der Waals surface area contributed by atoms with Crippen LogP contribution in [0.3, 0.4) is 0 Å². The Kier molecular flexibility index (Phi) is 2.91. The smallest absolute Gasteiger partial charge is 0.318 e. The topological polar surface area (TPSA) is 42.2 Å². The molecular formula is C9H14ClN3O. The van der Waals surface area contributed by atoms with Crippen LogP contribution in [0.15, 0.2) is 4.42 Å². The Morgan fingerprint density at radius 2 is 2.14 bits per heavy atom. The zero-order valence-electron chi connectivity index (χ0n) is 8.24. The summed E-state index contributed by atoms with van der Waals surface area (Å²) >= 11 is 5.59. The highest BCUT2D eigenvalue weighted by molar-refractivity contribution is 6.16. The maximum absolute atomic E-state index is 5.59. The molecule has 1 aliphatic rings. The first-order chi connectivity index (χ1) is 6.81. The van der Waals surface area contributed by atoms with Crippen LogP contribution in [-0.2, 0) is 5.88 Å². The van der Waals surface area contributed by atoms with Crippen molar-refractivity contribution < 1.29 is 4.42 Å². The Balaban J connectivity index is 2.05. The molecule has 0 atom stereocenters. The van der Waals surface area contributed by atoms with Gasteiger partial charge in [-0.25, -0.2) is 0 Å². The van der Waals surface area contributed by atoms with Gasteiger partial charge in [-0.15, -0.1) is 16.7 Å². The first kappa shape index (κ1) is 9.77. The van der Waals surface area contributed by atoms with E-state index in [0.717, 1.165) is 0 Å². The molecule has 1 heterocycles. The van der Waals surface area contributed by atoms with Crippen molar-refractivity contribution in [2.45, 2.75) is 37.6 Å². The SMILES string of the molecule is CN(c1nnc(CCl)o1)C1CCCC1. The highest BCUT2D eigenvalue weighted by atomic mass is 35.5. The largest absolute Gasteiger partial charge is 0.407 e. The molecule has 5 heteroatoms. The van der Waals surface area contributed by atoms with Crippen molar-refractivity contribution in [1.82, 2.24) is 10.2 Å². The summed E-state index contributed by atoms with van der Waals surface area (Å²) in [5.41, 5.74) is 0. The molecule has 0 aliphatic heterocycles. The van der Waals surface area contributed by atoms with E-state index in [0.29, 0.717) is 17.9 Å². The number of aromatic nitrogens is 2. The van der Waals surface area contributed by atoms with E-state index < -0.39 is 0 Å². The molecule has 0 spiro atoms. The van der Waals surface area contributed by atoms with Gasteiger partial charge in [0.2, 0.25) is 5.89 Å². The minimum Gasteiger partial charge on any atom is -0.407 e. The molecule has 1 fully saturated rings. The van der Waals surface area contributed by atoms with Crippen LogP contribution in [0.2, 0.25) is 0 Å². The van der Waals surface area contributed by atoms with E-state index in [2.05, 4.69) is 15.1 Å². The molecule has 0 radical (unpaired) electrons. The lowest BCUT2D eigenvalue weighted by Crippen LogP contribution is -2.28. The molecule has 0 N–H and O–H groups in total.